The van der Waals surface area contributed by atoms with Crippen LogP contribution in [0.4, 0.5) is 0 Å². The van der Waals surface area contributed by atoms with Gasteiger partial charge >= 0.3 is 0 Å². The fraction of sp³-hybridized carbons (Fsp3) is 0.339. The van der Waals surface area contributed by atoms with Gasteiger partial charge in [-0.2, -0.15) is 0 Å². The second-order valence-electron chi connectivity index (χ2n) is 36.1. The van der Waals surface area contributed by atoms with Crippen LogP contribution in [0.2, 0.25) is 0 Å². The van der Waals surface area contributed by atoms with Crippen LogP contribution < -0.4 is 0 Å². The summed E-state index contributed by atoms with van der Waals surface area (Å²) in [5.41, 5.74) is 21.1. The Labute approximate surface area is 872 Å². The van der Waals surface area contributed by atoms with E-state index in [0.29, 0.717) is 67.0 Å². The minimum Gasteiger partial charge on any atom is -0.504 e. The Morgan fingerprint density at radius 3 is 0.952 bits per heavy atom. The van der Waals surface area contributed by atoms with E-state index in [4.69, 9.17) is 0 Å². The number of carbonyl (C=O) groups excluding carboxylic acids is 4. The van der Waals surface area contributed by atoms with E-state index in [9.17, 15) is 39.6 Å². The van der Waals surface area contributed by atoms with Gasteiger partial charge in [0.2, 0.25) is 23.1 Å². The lowest BCUT2D eigenvalue weighted by molar-refractivity contribution is 0.102. The molecule has 8 aromatic carbocycles. The van der Waals surface area contributed by atoms with Crippen molar-refractivity contribution in [3.05, 3.63) is 402 Å². The highest BCUT2D eigenvalue weighted by Gasteiger charge is 2.29. The summed E-state index contributed by atoms with van der Waals surface area (Å²) in [5, 5.41) is 46.2. The van der Waals surface area contributed by atoms with Crippen LogP contribution >= 0.6 is 0 Å². The van der Waals surface area contributed by atoms with Gasteiger partial charge in [0.15, 0.2) is 45.8 Å². The second kappa shape index (κ2) is 58.8. The fourth-order valence-electron chi connectivity index (χ4n) is 18.9. The number of pyridine rings is 8. The van der Waals surface area contributed by atoms with Crippen molar-refractivity contribution < 1.29 is 39.6 Å². The van der Waals surface area contributed by atoms with E-state index in [1.807, 2.05) is 245 Å². The molecule has 8 aromatic heterocycles. The van der Waals surface area contributed by atoms with Crippen molar-refractivity contribution in [3.63, 3.8) is 0 Å². The zero-order valence-corrected chi connectivity index (χ0v) is 90.0. The predicted octanol–water partition coefficient (Wildman–Crippen LogP) is 27.7. The number of ketones is 4. The minimum absolute atomic E-state index is 0.0426. The Kier molecular flexibility index (Phi) is 45.8. The summed E-state index contributed by atoms with van der Waals surface area (Å²) in [5.74, 6) is -1.06. The normalized spacial score (nSPS) is 13.5. The molecule has 4 aliphatic rings. The topological polar surface area (TPSA) is 265 Å². The molecule has 0 bridgehead atoms. The molecule has 768 valence electrons. The molecule has 20 nitrogen and oxygen atoms in total. The number of rotatable bonds is 24. The summed E-state index contributed by atoms with van der Waals surface area (Å²) in [7, 11) is 0. The van der Waals surface area contributed by atoms with E-state index in [0.717, 1.165) is 170 Å². The lowest BCUT2D eigenvalue weighted by Crippen LogP contribution is -2.20. The van der Waals surface area contributed by atoms with E-state index >= 15 is 0 Å². The number of likely N-dealkylation sites (tertiary alicyclic amines) is 4. The van der Waals surface area contributed by atoms with Gasteiger partial charge < -0.3 is 20.4 Å². The quantitative estimate of drug-likeness (QED) is 0.0410. The first-order chi connectivity index (χ1) is 71.7. The molecule has 0 saturated carbocycles. The van der Waals surface area contributed by atoms with Gasteiger partial charge in [0.05, 0.1) is 0 Å². The SMILES string of the molecule is CC.CC.CC.CC.CC.CC.CC.Cc1cccc(Cc2cc(CN3CCCC3)cc(C(=O)c3ncc4cccnc4c3O)c2)c1.Cc1cnc2c(O)c(C(=O)c3cc(Cc4ccccc4)cc(CN4CCCC4)c3)ncc2c1.Cc1nc(C(=O)c2cc(Cc3ccccc3)cc(CN3CCC(C)C3)c2)c(O)c2ncccc12.Cc1nc(C(=O)c2cc(Cc3ccccc3)cc(CN3CCCC3)c2)c(O)c2ncccc12. The van der Waals surface area contributed by atoms with Crippen molar-refractivity contribution in [2.24, 2.45) is 5.92 Å². The van der Waals surface area contributed by atoms with Crippen LogP contribution in [0.1, 0.15) is 302 Å². The van der Waals surface area contributed by atoms with Crippen molar-refractivity contribution in [2.75, 3.05) is 52.4 Å². The van der Waals surface area contributed by atoms with Crippen LogP contribution in [-0.2, 0) is 51.9 Å². The summed E-state index contributed by atoms with van der Waals surface area (Å²) in [6.45, 7) is 49.9. The average molecular weight is 1970 g/mol. The maximum absolute atomic E-state index is 13.6. The van der Waals surface area contributed by atoms with Crippen LogP contribution in [0, 0.1) is 33.6 Å². The zero-order chi connectivity index (χ0) is 106. The van der Waals surface area contributed by atoms with E-state index in [1.165, 1.54) is 72.8 Å². The zero-order valence-electron chi connectivity index (χ0n) is 90.0. The smallest absolute Gasteiger partial charge is 0.215 e. The van der Waals surface area contributed by atoms with Crippen molar-refractivity contribution in [1.82, 2.24) is 59.5 Å². The molecule has 0 radical (unpaired) electrons. The first kappa shape index (κ1) is 115. The Balaban J connectivity index is 0.000000193. The van der Waals surface area contributed by atoms with E-state index in [2.05, 4.69) is 158 Å². The molecular formula is C127H152N12O8. The molecule has 1 unspecified atom stereocenters. The monoisotopic (exact) mass is 1970 g/mol. The third-order valence-corrected chi connectivity index (χ3v) is 25.4. The van der Waals surface area contributed by atoms with Gasteiger partial charge in [-0.05, 0) is 313 Å². The molecule has 0 spiro atoms. The maximum atomic E-state index is 13.6. The summed E-state index contributed by atoms with van der Waals surface area (Å²) in [6, 6.07) is 76.4. The molecule has 20 rings (SSSR count). The van der Waals surface area contributed by atoms with Gasteiger partial charge in [0.1, 0.15) is 22.1 Å². The Morgan fingerprint density at radius 2 is 0.592 bits per heavy atom. The Morgan fingerprint density at radius 1 is 0.279 bits per heavy atom. The molecule has 4 saturated heterocycles. The minimum atomic E-state index is -0.284. The molecule has 0 amide bonds. The van der Waals surface area contributed by atoms with Crippen molar-refractivity contribution in [3.8, 4) is 23.0 Å². The number of aromatic hydroxyl groups is 4. The van der Waals surface area contributed by atoms with Crippen LogP contribution in [-0.4, -0.2) is 155 Å². The summed E-state index contributed by atoms with van der Waals surface area (Å²) >= 11 is 0. The molecule has 16 aromatic rings. The third-order valence-electron chi connectivity index (χ3n) is 25.4. The number of benzene rings is 8. The molecule has 20 heteroatoms. The van der Waals surface area contributed by atoms with Crippen molar-refractivity contribution in [2.45, 2.75) is 228 Å². The number of nitrogens with zero attached hydrogens (tertiary/aromatic N) is 12. The summed E-state index contributed by atoms with van der Waals surface area (Å²) in [4.78, 5) is 98.7. The number of aromatic nitrogens is 8. The number of fused-ring (bicyclic) bond motifs is 4. The fourth-order valence-corrected chi connectivity index (χ4v) is 18.9. The van der Waals surface area contributed by atoms with Crippen LogP contribution in [0.5, 0.6) is 23.0 Å². The number of hydrogen-bond acceptors (Lipinski definition) is 20. The van der Waals surface area contributed by atoms with Crippen molar-refractivity contribution >= 4 is 66.7 Å². The molecule has 4 N–H and O–H groups in total. The Hall–Kier alpha value is -14.3. The number of hydrogen-bond donors (Lipinski definition) is 4. The average Bonchev–Trinajstić information content (AvgIpc) is 0.992. The molecule has 147 heavy (non-hydrogen) atoms. The van der Waals surface area contributed by atoms with Crippen LogP contribution in [0.3, 0.4) is 0 Å². The van der Waals surface area contributed by atoms with Gasteiger partial charge in [0, 0.05) is 125 Å². The highest BCUT2D eigenvalue weighted by atomic mass is 16.3. The standard InChI is InChI=1S/C29H29N3O2.3C28H27N3O2.7C2H6/c1-19-10-12-32(17-19)18-23-14-22(13-21-7-4-3-5-8-21)15-24(16-23)28(33)27-29(34)26-25(20(2)31-27)9-6-11-30-26;1-19-6-4-7-20(12-19)13-21-14-22(18-31-10-2-3-11-31)16-24(15-21)27(32)26-28(33)25-23(17-30-26)8-5-9-29-25;1-19-24-10-7-11-29-25(24)28(33)26(30-19)27(32)23-16-21(14-20-8-3-2-4-9-20)15-22(17-23)18-31-12-5-6-13-31;1-19-11-24-17-30-26(28(33)25(24)29-16-19)27(32)23-14-21(12-20-7-3-2-4-8-20)13-22(15-23)18-31-9-5-6-10-31;7*1-2/h3-9,11,14-16,19,34H,10,12-13,17-18H2,1-2H3;4-9,12,14-17,33H,2-3,10-11,13,18H2,1H3;2-4,7-11,15-17,33H,5-6,12-14,18H2,1H3;2-4,7-8,11,13-17,33H,5-6,9-10,12,18H2,1H3;7*1-2H3. The van der Waals surface area contributed by atoms with E-state index in [1.54, 1.807) is 55.4 Å². The molecule has 12 heterocycles. The molecule has 4 aliphatic heterocycles. The lowest BCUT2D eigenvalue weighted by atomic mass is 9.96. The van der Waals surface area contributed by atoms with Crippen molar-refractivity contribution in [1.29, 1.82) is 0 Å². The predicted molar refractivity (Wildman–Crippen MR) is 602 cm³/mol. The van der Waals surface area contributed by atoms with Crippen LogP contribution in [0.25, 0.3) is 43.6 Å². The molecular weight excluding hydrogens is 1820 g/mol. The van der Waals surface area contributed by atoms with Crippen LogP contribution in [0.15, 0.2) is 268 Å². The third kappa shape index (κ3) is 31.4. The molecule has 4 fully saturated rings. The van der Waals surface area contributed by atoms with Gasteiger partial charge in [-0.3, -0.25) is 58.7 Å². The van der Waals surface area contributed by atoms with E-state index in [-0.39, 0.29) is 68.9 Å². The molecule has 1 atom stereocenters. The highest BCUT2D eigenvalue weighted by molar-refractivity contribution is 6.14. The lowest BCUT2D eigenvalue weighted by Gasteiger charge is -2.17. The number of carbonyl (C=O) groups is 4. The highest BCUT2D eigenvalue weighted by Crippen LogP contribution is 2.36. The van der Waals surface area contributed by atoms with Gasteiger partial charge in [0.25, 0.3) is 0 Å². The Bertz CT molecular complexity index is 6950. The molecule has 0 aliphatic carbocycles. The summed E-state index contributed by atoms with van der Waals surface area (Å²) < 4.78 is 0. The van der Waals surface area contributed by atoms with Gasteiger partial charge in [-0.15, -0.1) is 0 Å². The first-order valence-corrected chi connectivity index (χ1v) is 53.2. The first-order valence-electron chi connectivity index (χ1n) is 53.2. The largest absolute Gasteiger partial charge is 0.504 e. The van der Waals surface area contributed by atoms with Gasteiger partial charge in [-0.1, -0.05) is 249 Å². The van der Waals surface area contributed by atoms with Gasteiger partial charge in [-0.25, -0.2) is 19.9 Å². The van der Waals surface area contributed by atoms with E-state index < -0.39 is 0 Å². The summed E-state index contributed by atoms with van der Waals surface area (Å²) in [6.07, 6.45) is 21.2. The second-order valence-corrected chi connectivity index (χ2v) is 36.1. The number of aryl methyl sites for hydroxylation is 4. The maximum Gasteiger partial charge on any atom is 0.215 e.